The van der Waals surface area contributed by atoms with Gasteiger partial charge in [-0.2, -0.15) is 0 Å². The Bertz CT molecular complexity index is 229. The summed E-state index contributed by atoms with van der Waals surface area (Å²) in [6, 6.07) is 1.87. The van der Waals surface area contributed by atoms with Gasteiger partial charge in [0.05, 0.1) is 0 Å². The number of nitrogens with two attached hydrogens (primary N) is 1. The van der Waals surface area contributed by atoms with Crippen LogP contribution in [0.1, 0.15) is 51.4 Å². The third-order valence-corrected chi connectivity index (χ3v) is 4.99. The van der Waals surface area contributed by atoms with Crippen molar-refractivity contribution in [2.75, 3.05) is 0 Å². The molecule has 0 saturated heterocycles. The molecule has 5 atom stereocenters. The van der Waals surface area contributed by atoms with Crippen LogP contribution in [0, 0.1) is 11.8 Å². The summed E-state index contributed by atoms with van der Waals surface area (Å²) in [7, 11) is 0. The molecule has 0 heterocycles. The monoisotopic (exact) mass is 208 g/mol. The van der Waals surface area contributed by atoms with Crippen molar-refractivity contribution in [2.24, 2.45) is 17.6 Å². The van der Waals surface area contributed by atoms with Crippen LogP contribution in [-0.2, 0) is 0 Å². The van der Waals surface area contributed by atoms with Gasteiger partial charge in [0.1, 0.15) is 0 Å². The van der Waals surface area contributed by atoms with Crippen LogP contribution in [0.5, 0.6) is 0 Å². The molecule has 2 bridgehead atoms. The van der Waals surface area contributed by atoms with E-state index in [0.717, 1.165) is 17.9 Å². The molecule has 0 aliphatic heterocycles. The summed E-state index contributed by atoms with van der Waals surface area (Å²) in [5.41, 5.74) is 6.19. The van der Waals surface area contributed by atoms with E-state index in [2.05, 4.69) is 5.32 Å². The molecule has 0 aromatic carbocycles. The van der Waals surface area contributed by atoms with E-state index in [-0.39, 0.29) is 0 Å². The summed E-state index contributed by atoms with van der Waals surface area (Å²) < 4.78 is 0. The summed E-state index contributed by atoms with van der Waals surface area (Å²) in [6.45, 7) is 0. The van der Waals surface area contributed by atoms with Crippen molar-refractivity contribution in [3.8, 4) is 0 Å². The lowest BCUT2D eigenvalue weighted by molar-refractivity contribution is 0.256. The Kier molecular flexibility index (Phi) is 2.73. The molecule has 3 aliphatic rings. The van der Waals surface area contributed by atoms with Crippen LogP contribution in [0.15, 0.2) is 0 Å². The van der Waals surface area contributed by atoms with Gasteiger partial charge in [-0.1, -0.05) is 19.3 Å². The molecule has 0 aromatic rings. The average molecular weight is 208 g/mol. The number of nitrogens with one attached hydrogen (secondary N) is 1. The van der Waals surface area contributed by atoms with Gasteiger partial charge in [0.25, 0.3) is 0 Å². The Hall–Kier alpha value is -0.0800. The van der Waals surface area contributed by atoms with Gasteiger partial charge < -0.3 is 11.1 Å². The molecule has 0 spiro atoms. The fourth-order valence-electron chi connectivity index (χ4n) is 4.09. The third kappa shape index (κ3) is 1.94. The first-order chi connectivity index (χ1) is 7.33. The van der Waals surface area contributed by atoms with Gasteiger partial charge in [-0.3, -0.25) is 0 Å². The maximum Gasteiger partial charge on any atom is 0.0221 e. The first-order valence-electron chi connectivity index (χ1n) is 6.84. The Morgan fingerprint density at radius 3 is 2.40 bits per heavy atom. The Labute approximate surface area is 93.0 Å². The summed E-state index contributed by atoms with van der Waals surface area (Å²) in [5, 5.41) is 3.87. The summed E-state index contributed by atoms with van der Waals surface area (Å²) in [6.07, 6.45) is 11.2. The second-order valence-corrected chi connectivity index (χ2v) is 6.00. The maximum atomic E-state index is 6.19. The molecule has 3 fully saturated rings. The SMILES string of the molecule is N[C@@H]1CCCC[C@H]1NC1CC2CCC1C2. The van der Waals surface area contributed by atoms with Crippen molar-refractivity contribution >= 4 is 0 Å². The molecule has 0 aromatic heterocycles. The standard InChI is InChI=1S/C13H24N2/c14-11-3-1-2-4-12(11)15-13-8-9-5-6-10(13)7-9/h9-13,15H,1-8,14H2/t9?,10?,11-,12-,13?/m1/s1. The van der Waals surface area contributed by atoms with E-state index in [1.807, 2.05) is 0 Å². The zero-order valence-electron chi connectivity index (χ0n) is 9.62. The van der Waals surface area contributed by atoms with E-state index >= 15 is 0 Å². The first kappa shape index (κ1) is 10.1. The molecule has 3 unspecified atom stereocenters. The van der Waals surface area contributed by atoms with E-state index in [0.29, 0.717) is 12.1 Å². The minimum Gasteiger partial charge on any atom is -0.326 e. The van der Waals surface area contributed by atoms with Crippen molar-refractivity contribution < 1.29 is 0 Å². The Balaban J connectivity index is 1.56. The fraction of sp³-hybridized carbons (Fsp3) is 1.00. The van der Waals surface area contributed by atoms with Crippen LogP contribution in [0.4, 0.5) is 0 Å². The predicted molar refractivity (Wildman–Crippen MR) is 62.6 cm³/mol. The Morgan fingerprint density at radius 1 is 0.867 bits per heavy atom. The molecule has 3 rings (SSSR count). The van der Waals surface area contributed by atoms with Gasteiger partial charge in [0.15, 0.2) is 0 Å². The highest BCUT2D eigenvalue weighted by molar-refractivity contribution is 4.97. The number of hydrogen-bond donors (Lipinski definition) is 2. The summed E-state index contributed by atoms with van der Waals surface area (Å²) in [5.74, 6) is 2.04. The van der Waals surface area contributed by atoms with Crippen molar-refractivity contribution in [3.63, 3.8) is 0 Å². The zero-order valence-corrected chi connectivity index (χ0v) is 9.62. The van der Waals surface area contributed by atoms with Crippen LogP contribution in [0.3, 0.4) is 0 Å². The van der Waals surface area contributed by atoms with E-state index in [1.165, 1.54) is 51.4 Å². The molecule has 0 amide bonds. The molecular weight excluding hydrogens is 184 g/mol. The van der Waals surface area contributed by atoms with E-state index in [1.54, 1.807) is 0 Å². The van der Waals surface area contributed by atoms with Gasteiger partial charge in [-0.25, -0.2) is 0 Å². The highest BCUT2D eigenvalue weighted by atomic mass is 15.0. The molecule has 3 N–H and O–H groups in total. The molecule has 15 heavy (non-hydrogen) atoms. The lowest BCUT2D eigenvalue weighted by atomic mass is 9.88. The minimum absolute atomic E-state index is 0.429. The average Bonchev–Trinajstić information content (AvgIpc) is 2.83. The lowest BCUT2D eigenvalue weighted by Crippen LogP contribution is -2.52. The van der Waals surface area contributed by atoms with Gasteiger partial charge in [0, 0.05) is 18.1 Å². The number of hydrogen-bond acceptors (Lipinski definition) is 2. The number of fused-ring (bicyclic) bond motifs is 2. The van der Waals surface area contributed by atoms with E-state index < -0.39 is 0 Å². The molecule has 2 nitrogen and oxygen atoms in total. The summed E-state index contributed by atoms with van der Waals surface area (Å²) >= 11 is 0. The summed E-state index contributed by atoms with van der Waals surface area (Å²) in [4.78, 5) is 0. The van der Waals surface area contributed by atoms with Crippen LogP contribution in [0.2, 0.25) is 0 Å². The third-order valence-electron chi connectivity index (χ3n) is 4.99. The van der Waals surface area contributed by atoms with Crippen LogP contribution in [-0.4, -0.2) is 18.1 Å². The van der Waals surface area contributed by atoms with Crippen LogP contribution < -0.4 is 11.1 Å². The molecule has 3 aliphatic carbocycles. The van der Waals surface area contributed by atoms with Gasteiger partial charge in [-0.15, -0.1) is 0 Å². The topological polar surface area (TPSA) is 38.0 Å². The second kappa shape index (κ2) is 4.06. The predicted octanol–water partition coefficient (Wildman–Crippen LogP) is 2.03. The molecule has 0 radical (unpaired) electrons. The normalized spacial score (nSPS) is 49.8. The molecule has 2 heteroatoms. The molecule has 86 valence electrons. The molecular formula is C13H24N2. The van der Waals surface area contributed by atoms with E-state index in [4.69, 9.17) is 5.73 Å². The van der Waals surface area contributed by atoms with Gasteiger partial charge in [0.2, 0.25) is 0 Å². The first-order valence-corrected chi connectivity index (χ1v) is 6.84. The van der Waals surface area contributed by atoms with Crippen molar-refractivity contribution in [3.05, 3.63) is 0 Å². The zero-order chi connectivity index (χ0) is 10.3. The Morgan fingerprint density at radius 2 is 1.73 bits per heavy atom. The number of rotatable bonds is 2. The minimum atomic E-state index is 0.429. The second-order valence-electron chi connectivity index (χ2n) is 6.00. The van der Waals surface area contributed by atoms with E-state index in [9.17, 15) is 0 Å². The quantitative estimate of drug-likeness (QED) is 0.729. The highest BCUT2D eigenvalue weighted by Gasteiger charge is 2.40. The molecule has 3 saturated carbocycles. The van der Waals surface area contributed by atoms with Gasteiger partial charge in [-0.05, 0) is 43.9 Å². The maximum absolute atomic E-state index is 6.19. The highest BCUT2D eigenvalue weighted by Crippen LogP contribution is 2.44. The van der Waals surface area contributed by atoms with Crippen molar-refractivity contribution in [1.29, 1.82) is 0 Å². The fourth-order valence-corrected chi connectivity index (χ4v) is 4.09. The van der Waals surface area contributed by atoms with Crippen LogP contribution in [0.25, 0.3) is 0 Å². The smallest absolute Gasteiger partial charge is 0.0221 e. The largest absolute Gasteiger partial charge is 0.326 e. The van der Waals surface area contributed by atoms with Crippen molar-refractivity contribution in [1.82, 2.24) is 5.32 Å². The van der Waals surface area contributed by atoms with Crippen LogP contribution >= 0.6 is 0 Å². The lowest BCUT2D eigenvalue weighted by Gasteiger charge is -2.34. The van der Waals surface area contributed by atoms with Crippen molar-refractivity contribution in [2.45, 2.75) is 69.5 Å². The van der Waals surface area contributed by atoms with Gasteiger partial charge >= 0.3 is 0 Å².